The number of hydrogen-bond donors (Lipinski definition) is 0. The molecule has 2 aromatic rings. The number of carbonyl (C=O) groups is 1. The van der Waals surface area contributed by atoms with Crippen LogP contribution in [0, 0.1) is 0 Å². The molecule has 0 saturated heterocycles. The summed E-state index contributed by atoms with van der Waals surface area (Å²) in [7, 11) is 0. The summed E-state index contributed by atoms with van der Waals surface area (Å²) in [5, 5.41) is 11.4. The summed E-state index contributed by atoms with van der Waals surface area (Å²) in [4.78, 5) is 10.5. The predicted molar refractivity (Wildman–Crippen MR) is 58.8 cm³/mol. The number of hydrogen-bond acceptors (Lipinski definition) is 3. The van der Waals surface area contributed by atoms with Crippen LogP contribution in [0.25, 0.3) is 11.0 Å². The van der Waals surface area contributed by atoms with Crippen molar-refractivity contribution in [2.75, 3.05) is 0 Å². The Hall–Kier alpha value is -2.03. The molecule has 0 atom stereocenters. The minimum atomic E-state index is -1.07. The van der Waals surface area contributed by atoms with E-state index in [-0.39, 0.29) is 6.42 Å². The Labute approximate surface area is 93.0 Å². The summed E-state index contributed by atoms with van der Waals surface area (Å²) in [6.45, 7) is 3.64. The quantitative estimate of drug-likeness (QED) is 0.725. The number of allylic oxidation sites excluding steroid dienone is 1. The fourth-order valence-electron chi connectivity index (χ4n) is 1.67. The van der Waals surface area contributed by atoms with Gasteiger partial charge in [0.2, 0.25) is 0 Å². The van der Waals surface area contributed by atoms with E-state index in [1.165, 1.54) is 0 Å². The Kier molecular flexibility index (Phi) is 2.77. The summed E-state index contributed by atoms with van der Waals surface area (Å²) < 4.78 is 5.53. The Bertz CT molecular complexity index is 537. The molecular weight excluding hydrogens is 204 g/mol. The van der Waals surface area contributed by atoms with E-state index in [9.17, 15) is 9.90 Å². The van der Waals surface area contributed by atoms with Crippen molar-refractivity contribution < 1.29 is 14.3 Å². The second kappa shape index (κ2) is 4.23. The molecule has 0 aliphatic rings. The third kappa shape index (κ3) is 2.14. The van der Waals surface area contributed by atoms with Gasteiger partial charge in [-0.05, 0) is 23.8 Å². The summed E-state index contributed by atoms with van der Waals surface area (Å²) >= 11 is 0. The first-order valence-electron chi connectivity index (χ1n) is 5.01. The molecule has 0 saturated carbocycles. The lowest BCUT2D eigenvalue weighted by molar-refractivity contribution is -0.304. The summed E-state index contributed by atoms with van der Waals surface area (Å²) in [5.41, 5.74) is 1.48. The lowest BCUT2D eigenvalue weighted by Crippen LogP contribution is -2.24. The van der Waals surface area contributed by atoms with Gasteiger partial charge in [-0.1, -0.05) is 12.1 Å². The maximum absolute atomic E-state index is 10.5. The number of rotatable bonds is 4. The van der Waals surface area contributed by atoms with Gasteiger partial charge < -0.3 is 14.3 Å². The molecule has 0 spiro atoms. The largest absolute Gasteiger partial charge is 0.550 e. The minimum Gasteiger partial charge on any atom is -0.550 e. The zero-order valence-electron chi connectivity index (χ0n) is 8.73. The molecule has 3 nitrogen and oxygen atoms in total. The Balaban J connectivity index is 2.37. The number of benzene rings is 1. The van der Waals surface area contributed by atoms with Gasteiger partial charge in [-0.3, -0.25) is 0 Å². The predicted octanol–water partition coefficient (Wildman–Crippen LogP) is 1.45. The van der Waals surface area contributed by atoms with Gasteiger partial charge in [-0.15, -0.1) is 6.58 Å². The van der Waals surface area contributed by atoms with Crippen molar-refractivity contribution in [3.8, 4) is 0 Å². The number of fused-ring (bicyclic) bond motifs is 1. The van der Waals surface area contributed by atoms with Gasteiger partial charge in [0.1, 0.15) is 11.3 Å². The van der Waals surface area contributed by atoms with Crippen molar-refractivity contribution in [3.05, 3.63) is 48.2 Å². The molecule has 0 unspecified atom stereocenters. The molecule has 16 heavy (non-hydrogen) atoms. The highest BCUT2D eigenvalue weighted by atomic mass is 16.4. The number of furan rings is 1. The average molecular weight is 215 g/mol. The van der Waals surface area contributed by atoms with Gasteiger partial charge in [0, 0.05) is 24.2 Å². The van der Waals surface area contributed by atoms with Gasteiger partial charge in [-0.25, -0.2) is 0 Å². The van der Waals surface area contributed by atoms with Crippen LogP contribution in [0.2, 0.25) is 0 Å². The van der Waals surface area contributed by atoms with Crippen molar-refractivity contribution >= 4 is 16.9 Å². The zero-order valence-corrected chi connectivity index (χ0v) is 8.73. The molecule has 0 fully saturated rings. The Morgan fingerprint density at radius 2 is 2.25 bits per heavy atom. The average Bonchev–Trinajstić information content (AvgIpc) is 2.59. The number of carboxylic acids is 1. The lowest BCUT2D eigenvalue weighted by atomic mass is 10.1. The van der Waals surface area contributed by atoms with Crippen molar-refractivity contribution in [1.82, 2.24) is 0 Å². The maximum atomic E-state index is 10.5. The summed E-state index contributed by atoms with van der Waals surface area (Å²) in [6, 6.07) is 7.22. The van der Waals surface area contributed by atoms with E-state index in [1.807, 2.05) is 6.07 Å². The van der Waals surface area contributed by atoms with E-state index in [1.54, 1.807) is 24.3 Å². The highest BCUT2D eigenvalue weighted by Gasteiger charge is 2.03. The molecule has 1 aromatic heterocycles. The molecule has 3 heteroatoms. The molecule has 0 radical (unpaired) electrons. The standard InChI is InChI=1S/C13H12O3/c1-2-3-11-8-10-6-9(7-13(14)15)4-5-12(10)16-11/h2,4-6,8H,1,3,7H2,(H,14,15)/p-1. The van der Waals surface area contributed by atoms with Crippen molar-refractivity contribution in [3.63, 3.8) is 0 Å². The van der Waals surface area contributed by atoms with E-state index in [4.69, 9.17) is 4.42 Å². The van der Waals surface area contributed by atoms with Gasteiger partial charge in [0.05, 0.1) is 0 Å². The van der Waals surface area contributed by atoms with Crippen LogP contribution < -0.4 is 5.11 Å². The van der Waals surface area contributed by atoms with E-state index < -0.39 is 5.97 Å². The number of carbonyl (C=O) groups excluding carboxylic acids is 1. The first-order chi connectivity index (χ1) is 7.69. The number of aliphatic carboxylic acids is 1. The molecule has 0 aliphatic carbocycles. The van der Waals surface area contributed by atoms with Crippen LogP contribution in [0.5, 0.6) is 0 Å². The van der Waals surface area contributed by atoms with Crippen molar-refractivity contribution in [1.29, 1.82) is 0 Å². The molecule has 2 rings (SSSR count). The fourth-order valence-corrected chi connectivity index (χ4v) is 1.67. The lowest BCUT2D eigenvalue weighted by Gasteiger charge is -2.01. The van der Waals surface area contributed by atoms with Crippen LogP contribution >= 0.6 is 0 Å². The Morgan fingerprint density at radius 1 is 1.44 bits per heavy atom. The normalized spacial score (nSPS) is 10.5. The summed E-state index contributed by atoms with van der Waals surface area (Å²) in [6.07, 6.45) is 2.36. The summed E-state index contributed by atoms with van der Waals surface area (Å²) in [5.74, 6) is -0.246. The molecular formula is C13H11O3-. The molecule has 0 amide bonds. The molecule has 0 aliphatic heterocycles. The first kappa shape index (κ1) is 10.5. The monoisotopic (exact) mass is 215 g/mol. The van der Waals surface area contributed by atoms with Crippen LogP contribution in [-0.2, 0) is 17.6 Å². The van der Waals surface area contributed by atoms with Crippen LogP contribution in [0.3, 0.4) is 0 Å². The highest BCUT2D eigenvalue weighted by molar-refractivity contribution is 5.80. The van der Waals surface area contributed by atoms with Gasteiger partial charge in [-0.2, -0.15) is 0 Å². The van der Waals surface area contributed by atoms with E-state index in [2.05, 4.69) is 6.58 Å². The smallest absolute Gasteiger partial charge is 0.134 e. The minimum absolute atomic E-state index is 0.0715. The Morgan fingerprint density at radius 3 is 2.94 bits per heavy atom. The molecule has 1 heterocycles. The fraction of sp³-hybridized carbons (Fsp3) is 0.154. The second-order valence-corrected chi connectivity index (χ2v) is 3.63. The molecule has 0 bridgehead atoms. The topological polar surface area (TPSA) is 53.3 Å². The maximum Gasteiger partial charge on any atom is 0.134 e. The van der Waals surface area contributed by atoms with Crippen molar-refractivity contribution in [2.24, 2.45) is 0 Å². The third-order valence-electron chi connectivity index (χ3n) is 2.33. The molecule has 0 N–H and O–H groups in total. The highest BCUT2D eigenvalue weighted by Crippen LogP contribution is 2.21. The van der Waals surface area contributed by atoms with Gasteiger partial charge in [0.25, 0.3) is 0 Å². The SMILES string of the molecule is C=CCc1cc2cc(CC(=O)[O-])ccc2o1. The third-order valence-corrected chi connectivity index (χ3v) is 2.33. The van der Waals surface area contributed by atoms with E-state index in [0.29, 0.717) is 6.42 Å². The van der Waals surface area contributed by atoms with Crippen LogP contribution in [0.15, 0.2) is 41.3 Å². The van der Waals surface area contributed by atoms with Crippen LogP contribution in [0.4, 0.5) is 0 Å². The van der Waals surface area contributed by atoms with E-state index >= 15 is 0 Å². The molecule has 1 aromatic carbocycles. The van der Waals surface area contributed by atoms with Crippen LogP contribution in [-0.4, -0.2) is 5.97 Å². The van der Waals surface area contributed by atoms with E-state index in [0.717, 1.165) is 22.3 Å². The van der Waals surface area contributed by atoms with Gasteiger partial charge in [0.15, 0.2) is 0 Å². The van der Waals surface area contributed by atoms with Gasteiger partial charge >= 0.3 is 0 Å². The first-order valence-corrected chi connectivity index (χ1v) is 5.01. The number of carboxylic acid groups (broad SMARTS) is 1. The zero-order chi connectivity index (χ0) is 11.5. The van der Waals surface area contributed by atoms with Crippen LogP contribution in [0.1, 0.15) is 11.3 Å². The molecule has 82 valence electrons. The second-order valence-electron chi connectivity index (χ2n) is 3.63. The van der Waals surface area contributed by atoms with Crippen molar-refractivity contribution in [2.45, 2.75) is 12.8 Å².